The van der Waals surface area contributed by atoms with E-state index in [-0.39, 0.29) is 25.6 Å². The highest BCUT2D eigenvalue weighted by atomic mass is 16.6. The van der Waals surface area contributed by atoms with Crippen LogP contribution < -0.4 is 0 Å². The van der Waals surface area contributed by atoms with E-state index in [1.54, 1.807) is 0 Å². The lowest BCUT2D eigenvalue weighted by molar-refractivity contribution is -0.161. The number of carbonyl (C=O) groups is 2. The Morgan fingerprint density at radius 3 is 1.03 bits per heavy atom. The SMILES string of the molecule is CC/C=C\C/C=C\C/C=C\C/C=C\C/C=C\C/C=C\CCC(=O)OC(CO)COC(=O)CCCCCCCCCCCCCCCCCC/C=C\C/C=C\C/C=C\C/C=C\CC. The van der Waals surface area contributed by atoms with Crippen molar-refractivity contribution in [2.75, 3.05) is 13.2 Å². The molecule has 0 saturated carbocycles. The van der Waals surface area contributed by atoms with Crippen molar-refractivity contribution in [2.24, 2.45) is 0 Å². The van der Waals surface area contributed by atoms with E-state index < -0.39 is 12.1 Å². The average Bonchev–Trinajstić information content (AvgIpc) is 3.28. The minimum atomic E-state index is -0.820. The Morgan fingerprint density at radius 1 is 0.371 bits per heavy atom. The number of hydrogen-bond donors (Lipinski definition) is 1. The highest BCUT2D eigenvalue weighted by Crippen LogP contribution is 2.15. The summed E-state index contributed by atoms with van der Waals surface area (Å²) in [6.07, 6.45) is 75.9. The van der Waals surface area contributed by atoms with E-state index >= 15 is 0 Å². The molecular weight excluding hydrogens is 765 g/mol. The molecule has 0 aromatic heterocycles. The summed E-state index contributed by atoms with van der Waals surface area (Å²) in [4.78, 5) is 24.4. The van der Waals surface area contributed by atoms with E-state index in [0.29, 0.717) is 12.8 Å². The molecule has 0 saturated heterocycles. The molecule has 0 radical (unpaired) electrons. The summed E-state index contributed by atoms with van der Waals surface area (Å²) in [6, 6.07) is 0. The van der Waals surface area contributed by atoms with E-state index in [0.717, 1.165) is 83.5 Å². The second kappa shape index (κ2) is 51.6. The van der Waals surface area contributed by atoms with Crippen molar-refractivity contribution in [2.45, 2.75) is 213 Å². The van der Waals surface area contributed by atoms with Crippen LogP contribution in [-0.4, -0.2) is 36.4 Å². The van der Waals surface area contributed by atoms with Crippen LogP contribution >= 0.6 is 0 Å². The van der Waals surface area contributed by atoms with Crippen LogP contribution in [0.25, 0.3) is 0 Å². The molecule has 0 fully saturated rings. The zero-order valence-electron chi connectivity index (χ0n) is 39.8. The molecule has 0 bridgehead atoms. The van der Waals surface area contributed by atoms with Gasteiger partial charge in [-0.15, -0.1) is 0 Å². The number of carbonyl (C=O) groups excluding carboxylic acids is 2. The van der Waals surface area contributed by atoms with Crippen LogP contribution in [0.4, 0.5) is 0 Å². The Hall–Kier alpha value is -3.70. The van der Waals surface area contributed by atoms with Gasteiger partial charge in [0.15, 0.2) is 6.10 Å². The molecule has 0 spiro atoms. The molecule has 5 nitrogen and oxygen atoms in total. The summed E-state index contributed by atoms with van der Waals surface area (Å²) in [6.45, 7) is 3.85. The van der Waals surface area contributed by atoms with Gasteiger partial charge in [-0.2, -0.15) is 0 Å². The molecule has 5 heteroatoms. The van der Waals surface area contributed by atoms with Gasteiger partial charge in [0.05, 0.1) is 6.61 Å². The smallest absolute Gasteiger partial charge is 0.306 e. The van der Waals surface area contributed by atoms with Crippen LogP contribution in [-0.2, 0) is 19.1 Å². The van der Waals surface area contributed by atoms with Crippen LogP contribution in [0.1, 0.15) is 206 Å². The van der Waals surface area contributed by atoms with Crippen molar-refractivity contribution >= 4 is 11.9 Å². The maximum atomic E-state index is 12.2. The maximum Gasteiger partial charge on any atom is 0.306 e. The lowest BCUT2D eigenvalue weighted by Gasteiger charge is -2.15. The summed E-state index contributed by atoms with van der Waals surface area (Å²) < 4.78 is 10.6. The highest BCUT2D eigenvalue weighted by molar-refractivity contribution is 5.70. The molecule has 0 aliphatic heterocycles. The molecule has 1 N–H and O–H groups in total. The minimum Gasteiger partial charge on any atom is -0.462 e. The fourth-order valence-electron chi connectivity index (χ4n) is 6.57. The van der Waals surface area contributed by atoms with Crippen molar-refractivity contribution < 1.29 is 24.2 Å². The van der Waals surface area contributed by atoms with E-state index in [2.05, 4.69) is 123 Å². The van der Waals surface area contributed by atoms with E-state index in [1.165, 1.54) is 89.9 Å². The van der Waals surface area contributed by atoms with Gasteiger partial charge in [0.1, 0.15) is 6.61 Å². The molecule has 0 aliphatic rings. The first-order chi connectivity index (χ1) is 30.6. The molecule has 0 aromatic carbocycles. The van der Waals surface area contributed by atoms with E-state index in [4.69, 9.17) is 9.47 Å². The van der Waals surface area contributed by atoms with Gasteiger partial charge in [-0.05, 0) is 89.9 Å². The fourth-order valence-corrected chi connectivity index (χ4v) is 6.57. The molecule has 1 unspecified atom stereocenters. The standard InChI is InChI=1S/C57H92O5/c1-3-5-7-9-11-13-15-17-19-21-23-24-25-26-27-28-29-30-31-32-34-35-37-39-41-43-45-47-49-51-56(59)61-54-55(53-58)62-57(60)52-50-48-46-44-42-40-38-36-33-22-20-18-16-14-12-10-8-6-4-2/h5-8,11-14,17-20,23-24,33,36,40,42,46,48,55,58H,3-4,9-10,15-16,21-22,25-32,34-35,37-39,41,43-45,47,49-54H2,1-2H3/b7-5-,8-6-,13-11-,14-12-,19-17-,20-18-,24-23-,36-33-,42-40-,48-46-. The number of aliphatic hydroxyl groups excluding tert-OH is 1. The lowest BCUT2D eigenvalue weighted by Crippen LogP contribution is -2.28. The first-order valence-electron chi connectivity index (χ1n) is 25.1. The molecule has 0 amide bonds. The lowest BCUT2D eigenvalue weighted by atomic mass is 10.0. The molecule has 1 atom stereocenters. The van der Waals surface area contributed by atoms with Crippen molar-refractivity contribution in [1.82, 2.24) is 0 Å². The first-order valence-corrected chi connectivity index (χ1v) is 25.1. The molecule has 0 rings (SSSR count). The highest BCUT2D eigenvalue weighted by Gasteiger charge is 2.15. The van der Waals surface area contributed by atoms with Crippen LogP contribution in [0.5, 0.6) is 0 Å². The Morgan fingerprint density at radius 2 is 0.677 bits per heavy atom. The summed E-state index contributed by atoms with van der Waals surface area (Å²) >= 11 is 0. The zero-order valence-corrected chi connectivity index (χ0v) is 39.8. The number of allylic oxidation sites excluding steroid dienone is 20. The van der Waals surface area contributed by atoms with E-state index in [1.807, 2.05) is 12.2 Å². The summed E-state index contributed by atoms with van der Waals surface area (Å²) in [5, 5.41) is 9.60. The van der Waals surface area contributed by atoms with Gasteiger partial charge in [0.25, 0.3) is 0 Å². The topological polar surface area (TPSA) is 72.8 Å². The molecule has 0 aliphatic carbocycles. The van der Waals surface area contributed by atoms with Gasteiger partial charge in [-0.25, -0.2) is 0 Å². The summed E-state index contributed by atoms with van der Waals surface area (Å²) in [7, 11) is 0. The Labute approximate surface area is 382 Å². The van der Waals surface area contributed by atoms with Crippen molar-refractivity contribution in [1.29, 1.82) is 0 Å². The molecular formula is C57H92O5. The molecule has 350 valence electrons. The monoisotopic (exact) mass is 857 g/mol. The van der Waals surface area contributed by atoms with Crippen LogP contribution in [0, 0.1) is 0 Å². The molecule has 0 heterocycles. The van der Waals surface area contributed by atoms with Gasteiger partial charge >= 0.3 is 11.9 Å². The zero-order chi connectivity index (χ0) is 44.9. The third kappa shape index (κ3) is 49.0. The largest absolute Gasteiger partial charge is 0.462 e. The van der Waals surface area contributed by atoms with Crippen LogP contribution in [0.15, 0.2) is 122 Å². The summed E-state index contributed by atoms with van der Waals surface area (Å²) in [5.74, 6) is -0.694. The predicted molar refractivity (Wildman–Crippen MR) is 269 cm³/mol. The normalized spacial score (nSPS) is 13.3. The number of ether oxygens (including phenoxy) is 2. The third-order valence-electron chi connectivity index (χ3n) is 10.3. The third-order valence-corrected chi connectivity index (χ3v) is 10.3. The number of hydrogen-bond acceptors (Lipinski definition) is 5. The van der Waals surface area contributed by atoms with Crippen molar-refractivity contribution in [3.8, 4) is 0 Å². The van der Waals surface area contributed by atoms with Gasteiger partial charge < -0.3 is 14.6 Å². The maximum absolute atomic E-state index is 12.2. The fraction of sp³-hybridized carbons (Fsp3) is 0.614. The van der Waals surface area contributed by atoms with Crippen LogP contribution in [0.3, 0.4) is 0 Å². The van der Waals surface area contributed by atoms with Crippen molar-refractivity contribution in [3.05, 3.63) is 122 Å². The second-order valence-electron chi connectivity index (χ2n) is 16.1. The van der Waals surface area contributed by atoms with Crippen molar-refractivity contribution in [3.63, 3.8) is 0 Å². The summed E-state index contributed by atoms with van der Waals surface area (Å²) in [5.41, 5.74) is 0. The number of rotatable bonds is 44. The number of aliphatic hydroxyl groups is 1. The van der Waals surface area contributed by atoms with E-state index in [9.17, 15) is 14.7 Å². The minimum absolute atomic E-state index is 0.102. The average molecular weight is 857 g/mol. The first kappa shape index (κ1) is 58.3. The number of unbranched alkanes of at least 4 members (excludes halogenated alkanes) is 16. The quantitative estimate of drug-likeness (QED) is 0.0375. The second-order valence-corrected chi connectivity index (χ2v) is 16.1. The number of esters is 2. The van der Waals surface area contributed by atoms with Gasteiger partial charge in [-0.1, -0.05) is 225 Å². The Kier molecular flexibility index (Phi) is 48.6. The Bertz CT molecular complexity index is 1290. The van der Waals surface area contributed by atoms with Gasteiger partial charge in [0.2, 0.25) is 0 Å². The Balaban J connectivity index is 3.59. The van der Waals surface area contributed by atoms with Gasteiger partial charge in [-0.3, -0.25) is 9.59 Å². The molecule has 0 aromatic rings. The predicted octanol–water partition coefficient (Wildman–Crippen LogP) is 16.7. The van der Waals surface area contributed by atoms with Gasteiger partial charge in [0, 0.05) is 12.8 Å². The van der Waals surface area contributed by atoms with Crippen LogP contribution in [0.2, 0.25) is 0 Å². The molecule has 62 heavy (non-hydrogen) atoms.